The molecule has 0 aromatic carbocycles. The van der Waals surface area contributed by atoms with E-state index in [1.54, 1.807) is 6.92 Å². The molecule has 102 valence electrons. The number of hydrogen-bond donors (Lipinski definition) is 3. The SMILES string of the molecule is Cc1cc(NS(=O)(=O)c2cnc(NN)c(Cl)c2)no1. The topological polar surface area (TPSA) is 123 Å². The van der Waals surface area contributed by atoms with Crippen LogP contribution < -0.4 is 16.0 Å². The first-order chi connectivity index (χ1) is 8.92. The van der Waals surface area contributed by atoms with Crippen molar-refractivity contribution in [3.63, 3.8) is 0 Å². The Morgan fingerprint density at radius 1 is 1.42 bits per heavy atom. The molecule has 0 unspecified atom stereocenters. The highest BCUT2D eigenvalue weighted by Crippen LogP contribution is 2.23. The Labute approximate surface area is 114 Å². The molecule has 0 fully saturated rings. The van der Waals surface area contributed by atoms with Gasteiger partial charge in [0.25, 0.3) is 10.0 Å². The van der Waals surface area contributed by atoms with Crippen LogP contribution in [-0.4, -0.2) is 18.6 Å². The highest BCUT2D eigenvalue weighted by molar-refractivity contribution is 7.92. The van der Waals surface area contributed by atoms with Crippen LogP contribution in [0.3, 0.4) is 0 Å². The third-order valence-corrected chi connectivity index (χ3v) is 3.74. The summed E-state index contributed by atoms with van der Waals surface area (Å²) in [6.07, 6.45) is 1.12. The Morgan fingerprint density at radius 2 is 2.16 bits per heavy atom. The van der Waals surface area contributed by atoms with Gasteiger partial charge in [0.1, 0.15) is 10.7 Å². The van der Waals surface area contributed by atoms with Crippen LogP contribution in [0.25, 0.3) is 0 Å². The van der Waals surface area contributed by atoms with Crippen LogP contribution in [0.15, 0.2) is 27.7 Å². The Kier molecular flexibility index (Phi) is 3.60. The molecule has 2 aromatic rings. The molecule has 10 heteroatoms. The van der Waals surface area contributed by atoms with E-state index in [0.29, 0.717) is 5.76 Å². The Morgan fingerprint density at radius 3 is 2.68 bits per heavy atom. The standard InChI is InChI=1S/C9H10ClN5O3S/c1-5-2-8(14-18-5)15-19(16,17)6-3-7(10)9(13-11)12-4-6/h2-4H,11H2,1H3,(H,12,13)(H,14,15). The minimum absolute atomic E-state index is 0.0784. The number of nitrogens with zero attached hydrogens (tertiary/aromatic N) is 2. The van der Waals surface area contributed by atoms with Crippen molar-refractivity contribution in [3.8, 4) is 0 Å². The van der Waals surface area contributed by atoms with Gasteiger partial charge in [0.15, 0.2) is 11.6 Å². The quantitative estimate of drug-likeness (QED) is 0.571. The van der Waals surface area contributed by atoms with Gasteiger partial charge < -0.3 is 9.95 Å². The van der Waals surface area contributed by atoms with Crippen molar-refractivity contribution >= 4 is 33.3 Å². The number of pyridine rings is 1. The van der Waals surface area contributed by atoms with Crippen LogP contribution in [-0.2, 0) is 10.0 Å². The third kappa shape index (κ3) is 2.95. The number of halogens is 1. The van der Waals surface area contributed by atoms with Gasteiger partial charge in [0, 0.05) is 12.3 Å². The maximum atomic E-state index is 12.0. The van der Waals surface area contributed by atoms with E-state index in [9.17, 15) is 8.42 Å². The fourth-order valence-electron chi connectivity index (χ4n) is 1.28. The second-order valence-electron chi connectivity index (χ2n) is 3.57. The zero-order chi connectivity index (χ0) is 14.0. The lowest BCUT2D eigenvalue weighted by molar-refractivity contribution is 0.400. The van der Waals surface area contributed by atoms with Gasteiger partial charge in [-0.2, -0.15) is 0 Å². The van der Waals surface area contributed by atoms with Gasteiger partial charge in [-0.05, 0) is 13.0 Å². The van der Waals surface area contributed by atoms with Gasteiger partial charge in [0.05, 0.1) is 5.02 Å². The third-order valence-electron chi connectivity index (χ3n) is 2.13. The van der Waals surface area contributed by atoms with Gasteiger partial charge in [-0.15, -0.1) is 0 Å². The molecule has 4 N–H and O–H groups in total. The molecule has 0 saturated carbocycles. The van der Waals surface area contributed by atoms with Crippen molar-refractivity contribution in [1.82, 2.24) is 10.1 Å². The summed E-state index contributed by atoms with van der Waals surface area (Å²) >= 11 is 5.81. The van der Waals surface area contributed by atoms with Crippen molar-refractivity contribution in [2.75, 3.05) is 10.1 Å². The highest BCUT2D eigenvalue weighted by Gasteiger charge is 2.18. The van der Waals surface area contributed by atoms with Crippen LogP contribution in [0, 0.1) is 6.92 Å². The molecular formula is C9H10ClN5O3S. The Hall–Kier alpha value is -1.84. The average molecular weight is 304 g/mol. The summed E-state index contributed by atoms with van der Waals surface area (Å²) < 4.78 is 31.0. The summed E-state index contributed by atoms with van der Waals surface area (Å²) in [5, 5.41) is 3.62. The van der Waals surface area contributed by atoms with E-state index in [2.05, 4.69) is 20.3 Å². The molecule has 0 atom stereocenters. The number of hydrazine groups is 1. The first-order valence-electron chi connectivity index (χ1n) is 5.00. The number of nitrogen functional groups attached to an aromatic ring is 1. The number of hydrogen-bond acceptors (Lipinski definition) is 7. The van der Waals surface area contributed by atoms with Gasteiger partial charge in [-0.1, -0.05) is 16.8 Å². The number of aromatic nitrogens is 2. The van der Waals surface area contributed by atoms with Crippen LogP contribution in [0.1, 0.15) is 5.76 Å². The second kappa shape index (κ2) is 5.03. The van der Waals surface area contributed by atoms with Crippen LogP contribution >= 0.6 is 11.6 Å². The van der Waals surface area contributed by atoms with Crippen LogP contribution in [0.4, 0.5) is 11.6 Å². The molecule has 0 amide bonds. The normalized spacial score (nSPS) is 11.3. The molecule has 0 bridgehead atoms. The number of nitrogens with two attached hydrogens (primary N) is 1. The summed E-state index contributed by atoms with van der Waals surface area (Å²) in [7, 11) is -3.84. The van der Waals surface area contributed by atoms with E-state index in [0.717, 1.165) is 6.20 Å². The van der Waals surface area contributed by atoms with Crippen LogP contribution in [0.2, 0.25) is 5.02 Å². The van der Waals surface area contributed by atoms with Gasteiger partial charge in [-0.3, -0.25) is 4.72 Å². The first kappa shape index (κ1) is 13.6. The van der Waals surface area contributed by atoms with Crippen molar-refractivity contribution in [2.45, 2.75) is 11.8 Å². The molecule has 0 radical (unpaired) electrons. The van der Waals surface area contributed by atoms with E-state index in [-0.39, 0.29) is 21.6 Å². The van der Waals surface area contributed by atoms with Gasteiger partial charge in [-0.25, -0.2) is 19.2 Å². The first-order valence-corrected chi connectivity index (χ1v) is 6.87. The predicted octanol–water partition coefficient (Wildman–Crippen LogP) is 1.12. The number of sulfonamides is 1. The lowest BCUT2D eigenvalue weighted by atomic mass is 10.5. The van der Waals surface area contributed by atoms with E-state index >= 15 is 0 Å². The van der Waals surface area contributed by atoms with E-state index in [1.807, 2.05) is 0 Å². The average Bonchev–Trinajstić information content (AvgIpc) is 2.73. The van der Waals surface area contributed by atoms with Gasteiger partial charge in [0.2, 0.25) is 0 Å². The molecule has 0 aliphatic rings. The Balaban J connectivity index is 2.31. The van der Waals surface area contributed by atoms with Crippen molar-refractivity contribution < 1.29 is 12.9 Å². The highest BCUT2D eigenvalue weighted by atomic mass is 35.5. The van der Waals surface area contributed by atoms with Crippen molar-refractivity contribution in [2.24, 2.45) is 5.84 Å². The molecule has 2 aromatic heterocycles. The van der Waals surface area contributed by atoms with Crippen molar-refractivity contribution in [3.05, 3.63) is 29.1 Å². The summed E-state index contributed by atoms with van der Waals surface area (Å²) in [6, 6.07) is 2.67. The molecule has 8 nitrogen and oxygen atoms in total. The maximum Gasteiger partial charge on any atom is 0.264 e. The lowest BCUT2D eigenvalue weighted by Gasteiger charge is -2.07. The summed E-state index contributed by atoms with van der Waals surface area (Å²) in [5.74, 6) is 5.89. The fraction of sp³-hybridized carbons (Fsp3) is 0.111. The molecule has 0 spiro atoms. The van der Waals surface area contributed by atoms with E-state index < -0.39 is 10.0 Å². The molecule has 2 rings (SSSR count). The molecule has 0 saturated heterocycles. The number of nitrogens with one attached hydrogen (secondary N) is 2. The summed E-state index contributed by atoms with van der Waals surface area (Å²) in [5.41, 5.74) is 2.24. The molecule has 2 heterocycles. The number of rotatable bonds is 4. The maximum absolute atomic E-state index is 12.0. The lowest BCUT2D eigenvalue weighted by Crippen LogP contribution is -2.15. The minimum atomic E-state index is -3.84. The monoisotopic (exact) mass is 303 g/mol. The number of aryl methyl sites for hydroxylation is 1. The zero-order valence-corrected chi connectivity index (χ0v) is 11.3. The van der Waals surface area contributed by atoms with E-state index in [1.165, 1.54) is 12.1 Å². The largest absolute Gasteiger partial charge is 0.360 e. The molecule has 0 aliphatic carbocycles. The van der Waals surface area contributed by atoms with Gasteiger partial charge >= 0.3 is 0 Å². The fourth-order valence-corrected chi connectivity index (χ4v) is 2.52. The molecular weight excluding hydrogens is 294 g/mol. The number of anilines is 2. The zero-order valence-electron chi connectivity index (χ0n) is 9.71. The van der Waals surface area contributed by atoms with Crippen molar-refractivity contribution in [1.29, 1.82) is 0 Å². The molecule has 19 heavy (non-hydrogen) atoms. The predicted molar refractivity (Wildman–Crippen MR) is 69.1 cm³/mol. The van der Waals surface area contributed by atoms with Crippen LogP contribution in [0.5, 0.6) is 0 Å². The smallest absolute Gasteiger partial charge is 0.264 e. The summed E-state index contributed by atoms with van der Waals surface area (Å²) in [6.45, 7) is 1.64. The summed E-state index contributed by atoms with van der Waals surface area (Å²) in [4.78, 5) is 3.67. The second-order valence-corrected chi connectivity index (χ2v) is 5.66. The molecule has 0 aliphatic heterocycles. The minimum Gasteiger partial charge on any atom is -0.360 e. The van der Waals surface area contributed by atoms with E-state index in [4.69, 9.17) is 22.0 Å². The Bertz CT molecular complexity index is 700.